The molecule has 0 aromatic heterocycles. The summed E-state index contributed by atoms with van der Waals surface area (Å²) < 4.78 is 16.0. The second-order valence-electron chi connectivity index (χ2n) is 4.77. The molecule has 4 heteroatoms. The molecule has 0 aliphatic carbocycles. The third-order valence-corrected chi connectivity index (χ3v) is 3.37. The Hall–Kier alpha value is -2.67. The predicted octanol–water partition coefficient (Wildman–Crippen LogP) is 3.78. The summed E-state index contributed by atoms with van der Waals surface area (Å²) in [5, 5.41) is 9.36. The molecule has 0 aliphatic rings. The second-order valence-corrected chi connectivity index (χ2v) is 4.77. The molecule has 2 rings (SSSR count). The first kappa shape index (κ1) is 15.7. The fourth-order valence-corrected chi connectivity index (χ4v) is 2.15. The zero-order chi connectivity index (χ0) is 15.8. The van der Waals surface area contributed by atoms with Gasteiger partial charge >= 0.3 is 0 Å². The van der Waals surface area contributed by atoms with Crippen molar-refractivity contribution in [3.8, 4) is 23.3 Å². The topological polar surface area (TPSA) is 51.5 Å². The quantitative estimate of drug-likeness (QED) is 0.780. The van der Waals surface area contributed by atoms with Gasteiger partial charge in [0.1, 0.15) is 17.2 Å². The molecule has 2 aromatic rings. The average molecular weight is 297 g/mol. The molecule has 114 valence electrons. The highest BCUT2D eigenvalue weighted by Crippen LogP contribution is 2.24. The highest BCUT2D eigenvalue weighted by Gasteiger charge is 2.11. The van der Waals surface area contributed by atoms with Crippen LogP contribution in [0.25, 0.3) is 0 Å². The molecule has 0 fully saturated rings. The van der Waals surface area contributed by atoms with Crippen molar-refractivity contribution in [3.63, 3.8) is 0 Å². The Morgan fingerprint density at radius 1 is 0.955 bits per heavy atom. The van der Waals surface area contributed by atoms with Crippen molar-refractivity contribution in [2.75, 3.05) is 20.8 Å². The van der Waals surface area contributed by atoms with Gasteiger partial charge in [0.25, 0.3) is 0 Å². The molecular formula is C18H19NO3. The van der Waals surface area contributed by atoms with Crippen LogP contribution in [0, 0.1) is 11.3 Å². The van der Waals surface area contributed by atoms with Crippen LogP contribution in [-0.4, -0.2) is 20.8 Å². The van der Waals surface area contributed by atoms with Crippen molar-refractivity contribution in [2.45, 2.75) is 12.3 Å². The highest BCUT2D eigenvalue weighted by molar-refractivity contribution is 5.34. The lowest BCUT2D eigenvalue weighted by Gasteiger charge is -2.12. The lowest BCUT2D eigenvalue weighted by atomic mass is 9.97. The molecule has 0 saturated carbocycles. The largest absolute Gasteiger partial charge is 0.497 e. The van der Waals surface area contributed by atoms with E-state index in [-0.39, 0.29) is 5.92 Å². The monoisotopic (exact) mass is 297 g/mol. The van der Waals surface area contributed by atoms with E-state index in [2.05, 4.69) is 6.07 Å². The van der Waals surface area contributed by atoms with Crippen molar-refractivity contribution in [3.05, 3.63) is 54.1 Å². The number of hydrogen-bond donors (Lipinski definition) is 0. The molecule has 22 heavy (non-hydrogen) atoms. The van der Waals surface area contributed by atoms with E-state index >= 15 is 0 Å². The molecule has 0 aliphatic heterocycles. The fraction of sp³-hybridized carbons (Fsp3) is 0.278. The van der Waals surface area contributed by atoms with Gasteiger partial charge in [-0.25, -0.2) is 0 Å². The third kappa shape index (κ3) is 4.16. The first-order valence-corrected chi connectivity index (χ1v) is 7.07. The van der Waals surface area contributed by atoms with E-state index in [1.807, 2.05) is 48.5 Å². The first-order chi connectivity index (χ1) is 10.8. The van der Waals surface area contributed by atoms with E-state index in [1.54, 1.807) is 14.2 Å². The SMILES string of the molecule is COc1cccc(OCCC(C#N)c2cccc(OC)c2)c1. The van der Waals surface area contributed by atoms with Crippen molar-refractivity contribution in [1.82, 2.24) is 0 Å². The van der Waals surface area contributed by atoms with Gasteiger partial charge in [-0.05, 0) is 29.8 Å². The Kier molecular flexibility index (Phi) is 5.67. The summed E-state index contributed by atoms with van der Waals surface area (Å²) in [4.78, 5) is 0. The zero-order valence-corrected chi connectivity index (χ0v) is 12.8. The van der Waals surface area contributed by atoms with E-state index in [0.29, 0.717) is 13.0 Å². The summed E-state index contributed by atoms with van der Waals surface area (Å²) in [7, 11) is 3.24. The van der Waals surface area contributed by atoms with Gasteiger partial charge in [-0.2, -0.15) is 5.26 Å². The summed E-state index contributed by atoms with van der Waals surface area (Å²) >= 11 is 0. The Labute approximate surface area is 130 Å². The molecule has 0 heterocycles. The van der Waals surface area contributed by atoms with Gasteiger partial charge in [0.2, 0.25) is 0 Å². The average Bonchev–Trinajstić information content (AvgIpc) is 2.59. The summed E-state index contributed by atoms with van der Waals surface area (Å²) in [6.45, 7) is 0.461. The van der Waals surface area contributed by atoms with Gasteiger partial charge in [-0.3, -0.25) is 0 Å². The number of nitriles is 1. The van der Waals surface area contributed by atoms with Gasteiger partial charge in [0, 0.05) is 12.5 Å². The molecule has 0 amide bonds. The molecule has 0 bridgehead atoms. The minimum atomic E-state index is -0.222. The molecule has 1 atom stereocenters. The number of benzene rings is 2. The summed E-state index contributed by atoms with van der Waals surface area (Å²) in [6, 6.07) is 17.3. The van der Waals surface area contributed by atoms with Gasteiger partial charge in [-0.1, -0.05) is 18.2 Å². The molecule has 0 spiro atoms. The number of rotatable bonds is 7. The molecule has 0 N–H and O–H groups in total. The standard InChI is InChI=1S/C18H19NO3/c1-20-16-6-3-5-14(11-16)15(13-19)9-10-22-18-8-4-7-17(12-18)21-2/h3-8,11-12,15H,9-10H2,1-2H3. The van der Waals surface area contributed by atoms with E-state index < -0.39 is 0 Å². The maximum absolute atomic E-state index is 9.36. The maximum atomic E-state index is 9.36. The van der Waals surface area contributed by atoms with Gasteiger partial charge in [0.15, 0.2) is 0 Å². The predicted molar refractivity (Wildman–Crippen MR) is 84.5 cm³/mol. The Morgan fingerprint density at radius 2 is 1.59 bits per heavy atom. The van der Waals surface area contributed by atoms with Crippen molar-refractivity contribution < 1.29 is 14.2 Å². The lowest BCUT2D eigenvalue weighted by Crippen LogP contribution is -2.05. The van der Waals surface area contributed by atoms with Crippen molar-refractivity contribution in [2.24, 2.45) is 0 Å². The minimum absolute atomic E-state index is 0.222. The molecule has 4 nitrogen and oxygen atoms in total. The second kappa shape index (κ2) is 7.94. The molecule has 0 radical (unpaired) electrons. The summed E-state index contributed by atoms with van der Waals surface area (Å²) in [6.07, 6.45) is 0.612. The third-order valence-electron chi connectivity index (χ3n) is 3.37. The first-order valence-electron chi connectivity index (χ1n) is 7.07. The number of ether oxygens (including phenoxy) is 3. The number of methoxy groups -OCH3 is 2. The highest BCUT2D eigenvalue weighted by atomic mass is 16.5. The van der Waals surface area contributed by atoms with E-state index in [4.69, 9.17) is 14.2 Å². The Morgan fingerprint density at radius 3 is 2.27 bits per heavy atom. The summed E-state index contributed by atoms with van der Waals surface area (Å²) in [5.41, 5.74) is 0.941. The van der Waals surface area contributed by atoms with Gasteiger partial charge in [-0.15, -0.1) is 0 Å². The normalized spacial score (nSPS) is 11.3. The van der Waals surface area contributed by atoms with Crippen LogP contribution in [0.5, 0.6) is 17.2 Å². The van der Waals surface area contributed by atoms with Crippen LogP contribution in [-0.2, 0) is 0 Å². The minimum Gasteiger partial charge on any atom is -0.497 e. The van der Waals surface area contributed by atoms with E-state index in [9.17, 15) is 5.26 Å². The molecule has 2 aromatic carbocycles. The lowest BCUT2D eigenvalue weighted by molar-refractivity contribution is 0.303. The molecular weight excluding hydrogens is 278 g/mol. The van der Waals surface area contributed by atoms with Crippen LogP contribution in [0.2, 0.25) is 0 Å². The fourth-order valence-electron chi connectivity index (χ4n) is 2.15. The molecule has 1 unspecified atom stereocenters. The van der Waals surface area contributed by atoms with E-state index in [1.165, 1.54) is 0 Å². The number of nitrogens with zero attached hydrogens (tertiary/aromatic N) is 1. The van der Waals surface area contributed by atoms with Crippen LogP contribution in [0.1, 0.15) is 17.9 Å². The van der Waals surface area contributed by atoms with Crippen molar-refractivity contribution >= 4 is 0 Å². The summed E-state index contributed by atoms with van der Waals surface area (Å²) in [5.74, 6) is 2.02. The van der Waals surface area contributed by atoms with Gasteiger partial charge in [0.05, 0.1) is 32.8 Å². The van der Waals surface area contributed by atoms with Crippen LogP contribution < -0.4 is 14.2 Å². The van der Waals surface area contributed by atoms with E-state index in [0.717, 1.165) is 22.8 Å². The van der Waals surface area contributed by atoms with Crippen LogP contribution in [0.4, 0.5) is 0 Å². The number of hydrogen-bond acceptors (Lipinski definition) is 4. The maximum Gasteiger partial charge on any atom is 0.122 e. The van der Waals surface area contributed by atoms with Crippen molar-refractivity contribution in [1.29, 1.82) is 5.26 Å². The smallest absolute Gasteiger partial charge is 0.122 e. The zero-order valence-electron chi connectivity index (χ0n) is 12.8. The van der Waals surface area contributed by atoms with Gasteiger partial charge < -0.3 is 14.2 Å². The molecule has 0 saturated heterocycles. The van der Waals surface area contributed by atoms with Crippen LogP contribution in [0.3, 0.4) is 0 Å². The Balaban J connectivity index is 1.95. The Bertz CT molecular complexity index is 649. The van der Waals surface area contributed by atoms with Crippen LogP contribution in [0.15, 0.2) is 48.5 Å². The van der Waals surface area contributed by atoms with Crippen LogP contribution >= 0.6 is 0 Å².